The van der Waals surface area contributed by atoms with Crippen LogP contribution in [-0.2, 0) is 13.8 Å². The molecule has 1 rings (SSSR count). The second-order valence-corrected chi connectivity index (χ2v) is 4.56. The largest absolute Gasteiger partial charge is 0.469 e. The summed E-state index contributed by atoms with van der Waals surface area (Å²) in [6.07, 6.45) is -8.11. The summed E-state index contributed by atoms with van der Waals surface area (Å²) < 4.78 is 19.0. The van der Waals surface area contributed by atoms with Crippen molar-refractivity contribution in [1.29, 1.82) is 0 Å². The van der Waals surface area contributed by atoms with Crippen molar-refractivity contribution in [1.82, 2.24) is 0 Å². The van der Waals surface area contributed by atoms with Crippen LogP contribution in [0.4, 0.5) is 0 Å². The average molecular weight is 397 g/mol. The van der Waals surface area contributed by atoms with E-state index in [0.29, 0.717) is 0 Å². The zero-order valence-corrected chi connectivity index (χ0v) is 14.0. The van der Waals surface area contributed by atoms with Crippen LogP contribution >= 0.6 is 7.82 Å². The molecule has 9 nitrogen and oxygen atoms in total. The minimum atomic E-state index is -4.73. The molecule has 0 spiro atoms. The molecule has 0 saturated carbocycles. The van der Waals surface area contributed by atoms with Crippen molar-refractivity contribution in [3.63, 3.8) is 0 Å². The van der Waals surface area contributed by atoms with E-state index < -0.39 is 45.1 Å². The third-order valence-corrected chi connectivity index (χ3v) is 2.58. The van der Waals surface area contributed by atoms with Crippen LogP contribution in [0.2, 0.25) is 0 Å². The summed E-state index contributed by atoms with van der Waals surface area (Å²) in [4.78, 5) is 16.8. The number of rotatable bonds is 3. The average Bonchev–Trinajstić information content (AvgIpc) is 2.17. The number of phosphoric acid groups is 1. The molecule has 98 valence electrons. The molecule has 1 unspecified atom stereocenters. The van der Waals surface area contributed by atoms with E-state index in [1.807, 2.05) is 0 Å². The van der Waals surface area contributed by atoms with E-state index in [0.717, 1.165) is 0 Å². The first-order chi connectivity index (χ1) is 7.22. The van der Waals surface area contributed by atoms with Crippen LogP contribution < -0.4 is 0 Å². The van der Waals surface area contributed by atoms with Gasteiger partial charge < -0.3 is 34.9 Å². The molecule has 0 aromatic heterocycles. The van der Waals surface area contributed by atoms with Crippen molar-refractivity contribution in [2.24, 2.45) is 0 Å². The van der Waals surface area contributed by atoms with Crippen molar-refractivity contribution >= 4 is 56.7 Å². The Morgan fingerprint density at radius 3 is 2.06 bits per heavy atom. The maximum atomic E-state index is 10.4. The standard InChI is InChI=1S/C6H13O9P.Ba/c7-3-2(1-14-16(11,12)13)15-6(10)5(9)4(3)8;/h2-10H,1H2,(H2,11,12,13);/t2-,3-,4+,5+,6?;/m1./s1. The predicted molar refractivity (Wildman–Crippen MR) is 52.7 cm³/mol. The van der Waals surface area contributed by atoms with Gasteiger partial charge in [0.25, 0.3) is 0 Å². The van der Waals surface area contributed by atoms with Gasteiger partial charge in [-0.05, 0) is 0 Å². The predicted octanol–water partition coefficient (Wildman–Crippen LogP) is -3.49. The molecule has 1 heterocycles. The third kappa shape index (κ3) is 5.55. The van der Waals surface area contributed by atoms with Crippen LogP contribution in [0.15, 0.2) is 0 Å². The van der Waals surface area contributed by atoms with Gasteiger partial charge in [0.15, 0.2) is 6.29 Å². The van der Waals surface area contributed by atoms with Gasteiger partial charge in [-0.3, -0.25) is 4.52 Å². The van der Waals surface area contributed by atoms with Crippen LogP contribution in [-0.4, -0.2) is 116 Å². The van der Waals surface area contributed by atoms with Gasteiger partial charge in [-0.1, -0.05) is 0 Å². The molecule has 0 aromatic carbocycles. The Hall–Kier alpha value is 1.48. The summed E-state index contributed by atoms with van der Waals surface area (Å²) in [6, 6.07) is 0. The van der Waals surface area contributed by atoms with E-state index in [1.54, 1.807) is 0 Å². The molecular weight excluding hydrogens is 384 g/mol. The van der Waals surface area contributed by atoms with Crippen molar-refractivity contribution in [3.8, 4) is 0 Å². The fourth-order valence-corrected chi connectivity index (χ4v) is 1.58. The van der Waals surface area contributed by atoms with Crippen molar-refractivity contribution in [2.45, 2.75) is 30.7 Å². The van der Waals surface area contributed by atoms with Gasteiger partial charge >= 0.3 is 7.82 Å². The monoisotopic (exact) mass is 398 g/mol. The van der Waals surface area contributed by atoms with Gasteiger partial charge in [0.1, 0.15) is 24.4 Å². The van der Waals surface area contributed by atoms with Crippen molar-refractivity contribution < 1.29 is 44.0 Å². The molecule has 6 N–H and O–H groups in total. The molecule has 2 radical (unpaired) electrons. The van der Waals surface area contributed by atoms with Gasteiger partial charge in [-0.25, -0.2) is 4.57 Å². The number of hydrogen-bond donors (Lipinski definition) is 6. The SMILES string of the molecule is O=P(O)(O)OC[C@H]1OC(O)[C@@H](O)[C@@H](O)[C@@H]1O.[Ba]. The minimum absolute atomic E-state index is 0. The third-order valence-electron chi connectivity index (χ3n) is 2.09. The number of phosphoric ester groups is 1. The smallest absolute Gasteiger partial charge is 0.387 e. The fourth-order valence-electron chi connectivity index (χ4n) is 1.24. The molecule has 5 atom stereocenters. The summed E-state index contributed by atoms with van der Waals surface area (Å²) in [5.41, 5.74) is 0. The van der Waals surface area contributed by atoms with Gasteiger partial charge in [-0.15, -0.1) is 0 Å². The molecule has 0 aliphatic carbocycles. The van der Waals surface area contributed by atoms with Gasteiger partial charge in [0.05, 0.1) is 6.61 Å². The first-order valence-corrected chi connectivity index (χ1v) is 5.83. The number of aliphatic hydroxyl groups excluding tert-OH is 4. The first kappa shape index (κ1) is 18.5. The summed E-state index contributed by atoms with van der Waals surface area (Å²) in [5, 5.41) is 36.7. The molecule has 1 saturated heterocycles. The van der Waals surface area contributed by atoms with Crippen LogP contribution in [0.25, 0.3) is 0 Å². The Morgan fingerprint density at radius 2 is 1.59 bits per heavy atom. The van der Waals surface area contributed by atoms with Crippen LogP contribution in [0.3, 0.4) is 0 Å². The maximum absolute atomic E-state index is 10.4. The van der Waals surface area contributed by atoms with Crippen LogP contribution in [0.1, 0.15) is 0 Å². The van der Waals surface area contributed by atoms with Crippen LogP contribution in [0.5, 0.6) is 0 Å². The van der Waals surface area contributed by atoms with E-state index >= 15 is 0 Å². The fraction of sp³-hybridized carbons (Fsp3) is 1.00. The Bertz CT molecular complexity index is 283. The molecule has 1 aliphatic heterocycles. The molecule has 1 fully saturated rings. The Kier molecular flexibility index (Phi) is 7.95. The van der Waals surface area contributed by atoms with Crippen molar-refractivity contribution in [3.05, 3.63) is 0 Å². The number of aliphatic hydroxyl groups is 4. The summed E-state index contributed by atoms with van der Waals surface area (Å²) >= 11 is 0. The quantitative estimate of drug-likeness (QED) is 0.210. The van der Waals surface area contributed by atoms with E-state index in [4.69, 9.17) is 20.0 Å². The second kappa shape index (κ2) is 7.31. The molecule has 0 bridgehead atoms. The molecule has 1 aliphatic rings. The second-order valence-electron chi connectivity index (χ2n) is 3.32. The van der Waals surface area contributed by atoms with Crippen molar-refractivity contribution in [2.75, 3.05) is 6.61 Å². The molecule has 0 aromatic rings. The summed E-state index contributed by atoms with van der Waals surface area (Å²) in [7, 11) is -4.73. The zero-order chi connectivity index (χ0) is 12.5. The Labute approximate surface area is 137 Å². The van der Waals surface area contributed by atoms with Crippen LogP contribution in [0, 0.1) is 0 Å². The minimum Gasteiger partial charge on any atom is -0.387 e. The topological polar surface area (TPSA) is 157 Å². The molecule has 17 heavy (non-hydrogen) atoms. The first-order valence-electron chi connectivity index (χ1n) is 4.30. The Balaban J connectivity index is 0.00000256. The molecular formula is C6H13BaO9P. The van der Waals surface area contributed by atoms with E-state index in [2.05, 4.69) is 9.26 Å². The van der Waals surface area contributed by atoms with E-state index in [9.17, 15) is 14.8 Å². The normalized spacial score (nSPS) is 38.6. The number of ether oxygens (including phenoxy) is 1. The summed E-state index contributed by atoms with van der Waals surface area (Å²) in [6.45, 7) is -0.730. The zero-order valence-electron chi connectivity index (χ0n) is 8.66. The molecule has 0 amide bonds. The van der Waals surface area contributed by atoms with Gasteiger partial charge in [0.2, 0.25) is 0 Å². The maximum Gasteiger partial charge on any atom is 0.469 e. The number of hydrogen-bond acceptors (Lipinski definition) is 7. The summed E-state index contributed by atoms with van der Waals surface area (Å²) in [5.74, 6) is 0. The van der Waals surface area contributed by atoms with E-state index in [-0.39, 0.29) is 48.9 Å². The van der Waals surface area contributed by atoms with Gasteiger partial charge in [-0.2, -0.15) is 0 Å². The van der Waals surface area contributed by atoms with Gasteiger partial charge in [0, 0.05) is 48.9 Å². The molecule has 11 heteroatoms. The van der Waals surface area contributed by atoms with E-state index in [1.165, 1.54) is 0 Å². The Morgan fingerprint density at radius 1 is 1.06 bits per heavy atom.